The number of fused-ring (bicyclic) bond motifs is 1. The van der Waals surface area contributed by atoms with Gasteiger partial charge in [0.25, 0.3) is 0 Å². The van der Waals surface area contributed by atoms with E-state index in [0.29, 0.717) is 29.0 Å². The number of hydrogen-bond donors (Lipinski definition) is 3. The summed E-state index contributed by atoms with van der Waals surface area (Å²) in [5.74, 6) is -0.810. The number of nitrogens with two attached hydrogens (primary N) is 1. The number of aromatic hydroxyl groups is 2. The number of benzene rings is 2. The first-order chi connectivity index (χ1) is 12.4. The van der Waals surface area contributed by atoms with Gasteiger partial charge in [-0.15, -0.1) is 0 Å². The molecule has 0 unspecified atom stereocenters. The van der Waals surface area contributed by atoms with Crippen LogP contribution < -0.4 is 5.73 Å². The van der Waals surface area contributed by atoms with Crippen LogP contribution in [0.25, 0.3) is 11.1 Å². The van der Waals surface area contributed by atoms with Gasteiger partial charge in [0.2, 0.25) is 0 Å². The number of halogens is 2. The lowest BCUT2D eigenvalue weighted by Crippen LogP contribution is -1.93. The van der Waals surface area contributed by atoms with Crippen molar-refractivity contribution < 1.29 is 19.0 Å². The molecule has 0 saturated carbocycles. The number of phenolic OH excluding ortho intramolecular Hbond substituents is 2. The third kappa shape index (κ3) is 2.44. The lowest BCUT2D eigenvalue weighted by molar-refractivity contribution is 0.432. The lowest BCUT2D eigenvalue weighted by Gasteiger charge is -2.10. The van der Waals surface area contributed by atoms with E-state index in [1.807, 2.05) is 6.92 Å². The van der Waals surface area contributed by atoms with Gasteiger partial charge in [-0.2, -0.15) is 0 Å². The summed E-state index contributed by atoms with van der Waals surface area (Å²) >= 11 is 5.97. The summed E-state index contributed by atoms with van der Waals surface area (Å²) in [5, 5.41) is 19.6. The first-order valence-corrected chi connectivity index (χ1v) is 8.32. The summed E-state index contributed by atoms with van der Waals surface area (Å²) in [6, 6.07) is 7.70. The van der Waals surface area contributed by atoms with Crippen LogP contribution in [-0.2, 0) is 6.42 Å². The Bertz CT molecular complexity index is 1060. The molecule has 0 radical (unpaired) electrons. The van der Waals surface area contributed by atoms with Crippen molar-refractivity contribution in [1.29, 1.82) is 0 Å². The summed E-state index contributed by atoms with van der Waals surface area (Å²) in [6.45, 7) is 1.90. The second kappa shape index (κ2) is 5.81. The van der Waals surface area contributed by atoms with Gasteiger partial charge in [-0.1, -0.05) is 11.6 Å². The highest BCUT2D eigenvalue weighted by Crippen LogP contribution is 2.47. The van der Waals surface area contributed by atoms with Gasteiger partial charge in [0.05, 0.1) is 17.0 Å². The van der Waals surface area contributed by atoms with Gasteiger partial charge in [-0.3, -0.25) is 0 Å². The zero-order chi connectivity index (χ0) is 18.6. The van der Waals surface area contributed by atoms with Crippen molar-refractivity contribution in [1.82, 2.24) is 0 Å². The fraction of sp³-hybridized carbons (Fsp3) is 0.100. The summed E-state index contributed by atoms with van der Waals surface area (Å²) in [7, 11) is 0. The van der Waals surface area contributed by atoms with Crippen LogP contribution in [-0.4, -0.2) is 10.2 Å². The van der Waals surface area contributed by atoms with E-state index >= 15 is 0 Å². The summed E-state index contributed by atoms with van der Waals surface area (Å²) in [4.78, 5) is 0. The molecule has 0 amide bonds. The molecule has 0 atom stereocenters. The van der Waals surface area contributed by atoms with Crippen LogP contribution in [0.3, 0.4) is 0 Å². The number of anilines is 1. The van der Waals surface area contributed by atoms with Crippen molar-refractivity contribution in [2.45, 2.75) is 13.3 Å². The summed E-state index contributed by atoms with van der Waals surface area (Å²) in [6.07, 6.45) is 1.98. The monoisotopic (exact) mass is 371 g/mol. The molecule has 4 nitrogen and oxygen atoms in total. The Morgan fingerprint density at radius 1 is 1.19 bits per heavy atom. The van der Waals surface area contributed by atoms with E-state index in [4.69, 9.17) is 21.8 Å². The standard InChI is InChI=1S/C20H15ClFNO3/c1-9-4-11(24)7-14-12(9)8-13(18(14)20-17(23)2-3-26-20)10-5-15(21)19(25)16(22)6-10/h2-7,24-25H,8,23H2,1H3. The van der Waals surface area contributed by atoms with Crippen LogP contribution in [0.1, 0.15) is 28.0 Å². The normalized spacial score (nSPS) is 13.3. The highest BCUT2D eigenvalue weighted by Gasteiger charge is 2.29. The molecule has 4 rings (SSSR count). The topological polar surface area (TPSA) is 79.6 Å². The molecule has 2 aromatic carbocycles. The van der Waals surface area contributed by atoms with Crippen molar-refractivity contribution in [2.24, 2.45) is 0 Å². The number of aryl methyl sites for hydroxylation is 1. The van der Waals surface area contributed by atoms with Gasteiger partial charge < -0.3 is 20.4 Å². The van der Waals surface area contributed by atoms with Crippen LogP contribution in [0.2, 0.25) is 5.02 Å². The molecule has 6 heteroatoms. The zero-order valence-electron chi connectivity index (χ0n) is 13.8. The lowest BCUT2D eigenvalue weighted by atomic mass is 9.97. The van der Waals surface area contributed by atoms with E-state index in [-0.39, 0.29) is 10.8 Å². The summed E-state index contributed by atoms with van der Waals surface area (Å²) < 4.78 is 19.6. The van der Waals surface area contributed by atoms with Gasteiger partial charge in [0.15, 0.2) is 17.3 Å². The molecule has 1 aromatic heterocycles. The summed E-state index contributed by atoms with van der Waals surface area (Å²) in [5.41, 5.74) is 11.1. The predicted molar refractivity (Wildman–Crippen MR) is 98.7 cm³/mol. The van der Waals surface area contributed by atoms with Gasteiger partial charge in [-0.25, -0.2) is 4.39 Å². The van der Waals surface area contributed by atoms with E-state index in [2.05, 4.69) is 0 Å². The SMILES string of the molecule is Cc1cc(O)cc2c1CC(c1cc(F)c(O)c(Cl)c1)=C2c1occc1N. The minimum absolute atomic E-state index is 0.0743. The Morgan fingerprint density at radius 2 is 1.96 bits per heavy atom. The molecule has 132 valence electrons. The molecule has 0 fully saturated rings. The van der Waals surface area contributed by atoms with Gasteiger partial charge in [0, 0.05) is 11.6 Å². The molecule has 0 spiro atoms. The number of phenols is 2. The van der Waals surface area contributed by atoms with E-state index in [0.717, 1.165) is 22.3 Å². The fourth-order valence-corrected chi connectivity index (χ4v) is 3.66. The Balaban J connectivity index is 2.03. The third-order valence-electron chi connectivity index (χ3n) is 4.67. The average Bonchev–Trinajstić information content (AvgIpc) is 3.15. The molecule has 0 aliphatic heterocycles. The van der Waals surface area contributed by atoms with Crippen LogP contribution in [0.5, 0.6) is 11.5 Å². The molecule has 0 bridgehead atoms. The minimum Gasteiger partial charge on any atom is -0.508 e. The largest absolute Gasteiger partial charge is 0.508 e. The maximum atomic E-state index is 14.1. The molecule has 0 saturated heterocycles. The molecule has 1 heterocycles. The number of rotatable bonds is 2. The van der Waals surface area contributed by atoms with Crippen LogP contribution in [0.4, 0.5) is 10.1 Å². The van der Waals surface area contributed by atoms with Crippen molar-refractivity contribution in [3.8, 4) is 11.5 Å². The van der Waals surface area contributed by atoms with E-state index in [9.17, 15) is 14.6 Å². The second-order valence-electron chi connectivity index (χ2n) is 6.31. The molecular weight excluding hydrogens is 357 g/mol. The van der Waals surface area contributed by atoms with Gasteiger partial charge in [0.1, 0.15) is 5.75 Å². The molecule has 26 heavy (non-hydrogen) atoms. The number of hydrogen-bond acceptors (Lipinski definition) is 4. The van der Waals surface area contributed by atoms with Gasteiger partial charge >= 0.3 is 0 Å². The molecule has 1 aliphatic rings. The molecular formula is C20H15ClFNO3. The second-order valence-corrected chi connectivity index (χ2v) is 6.72. The van der Waals surface area contributed by atoms with Crippen molar-refractivity contribution >= 4 is 28.4 Å². The first kappa shape index (κ1) is 16.5. The number of allylic oxidation sites excluding steroid dienone is 1. The van der Waals surface area contributed by atoms with E-state index < -0.39 is 11.6 Å². The van der Waals surface area contributed by atoms with Gasteiger partial charge in [-0.05, 0) is 65.4 Å². The van der Waals surface area contributed by atoms with Crippen molar-refractivity contribution in [3.05, 3.63) is 75.4 Å². The van der Waals surface area contributed by atoms with Crippen molar-refractivity contribution in [3.63, 3.8) is 0 Å². The minimum atomic E-state index is -0.803. The van der Waals surface area contributed by atoms with Crippen LogP contribution in [0.15, 0.2) is 41.0 Å². The Kier molecular flexibility index (Phi) is 3.70. The molecule has 4 N–H and O–H groups in total. The number of furan rings is 1. The number of nitrogen functional groups attached to an aromatic ring is 1. The Labute approximate surface area is 154 Å². The molecule has 3 aromatic rings. The van der Waals surface area contributed by atoms with Crippen molar-refractivity contribution in [2.75, 3.05) is 5.73 Å². The Morgan fingerprint density at radius 3 is 2.62 bits per heavy atom. The fourth-order valence-electron chi connectivity index (χ4n) is 3.45. The first-order valence-electron chi connectivity index (χ1n) is 7.94. The highest BCUT2D eigenvalue weighted by atomic mass is 35.5. The predicted octanol–water partition coefficient (Wildman–Crippen LogP) is 4.89. The van der Waals surface area contributed by atoms with Crippen LogP contribution in [0, 0.1) is 12.7 Å². The quantitative estimate of drug-likeness (QED) is 0.599. The van der Waals surface area contributed by atoms with E-state index in [1.54, 1.807) is 18.2 Å². The third-order valence-corrected chi connectivity index (χ3v) is 4.96. The smallest absolute Gasteiger partial charge is 0.170 e. The Hall–Kier alpha value is -2.92. The highest BCUT2D eigenvalue weighted by molar-refractivity contribution is 6.32. The molecule has 1 aliphatic carbocycles. The maximum absolute atomic E-state index is 14.1. The van der Waals surface area contributed by atoms with E-state index in [1.165, 1.54) is 18.4 Å². The van der Waals surface area contributed by atoms with Crippen LogP contribution >= 0.6 is 11.6 Å². The zero-order valence-corrected chi connectivity index (χ0v) is 14.6. The maximum Gasteiger partial charge on any atom is 0.170 e. The average molecular weight is 372 g/mol.